The van der Waals surface area contributed by atoms with E-state index in [2.05, 4.69) is 5.10 Å². The van der Waals surface area contributed by atoms with Gasteiger partial charge in [0, 0.05) is 5.92 Å². The number of hydrogen-bond donors (Lipinski definition) is 1. The summed E-state index contributed by atoms with van der Waals surface area (Å²) in [5, 5.41) is 4.64. The maximum atomic E-state index is 12.7. The molecule has 0 radical (unpaired) electrons. The third kappa shape index (κ3) is 4.76. The molecule has 1 heterocycles. The monoisotopic (exact) mass is 306 g/mol. The maximum absolute atomic E-state index is 12.7. The van der Waals surface area contributed by atoms with E-state index in [1.165, 1.54) is 19.9 Å². The van der Waals surface area contributed by atoms with E-state index in [1.807, 2.05) is 5.43 Å². The van der Waals surface area contributed by atoms with Gasteiger partial charge in [-0.1, -0.05) is 19.9 Å². The molecule has 0 aromatic carbocycles. The first-order chi connectivity index (χ1) is 9.21. The molecule has 0 aliphatic carbocycles. The summed E-state index contributed by atoms with van der Waals surface area (Å²) in [6.45, 7) is 3.05. The summed E-state index contributed by atoms with van der Waals surface area (Å²) in [5.74, 6) is -1.83. The van der Waals surface area contributed by atoms with Crippen LogP contribution in [0.1, 0.15) is 29.9 Å². The minimum atomic E-state index is -4.77. The number of ketones is 1. The van der Waals surface area contributed by atoms with Crippen LogP contribution in [0.15, 0.2) is 22.6 Å². The van der Waals surface area contributed by atoms with Crippen LogP contribution in [0.4, 0.5) is 13.2 Å². The second kappa shape index (κ2) is 6.65. The number of nitrogens with zero attached hydrogens (tertiary/aromatic N) is 1. The van der Waals surface area contributed by atoms with Crippen molar-refractivity contribution < 1.29 is 22.8 Å². The summed E-state index contributed by atoms with van der Waals surface area (Å²) in [7, 11) is 0. The number of hydrogen-bond acceptors (Lipinski definition) is 4. The molecule has 0 bridgehead atoms. The van der Waals surface area contributed by atoms with Crippen LogP contribution in [0.5, 0.6) is 0 Å². The minimum Gasteiger partial charge on any atom is -0.293 e. The average Bonchev–Trinajstić information content (AvgIpc) is 2.85. The van der Waals surface area contributed by atoms with Gasteiger partial charge in [0.25, 0.3) is 0 Å². The number of nitrogens with one attached hydrogen (secondary N) is 1. The van der Waals surface area contributed by atoms with Crippen molar-refractivity contribution >= 4 is 28.7 Å². The van der Waals surface area contributed by atoms with E-state index in [-0.39, 0.29) is 4.88 Å². The molecule has 0 unspecified atom stereocenters. The normalized spacial score (nSPS) is 12.6. The Labute approximate surface area is 117 Å². The predicted molar refractivity (Wildman–Crippen MR) is 69.7 cm³/mol. The molecule has 1 amide bonds. The molecule has 0 saturated carbocycles. The van der Waals surface area contributed by atoms with Crippen molar-refractivity contribution in [2.45, 2.75) is 26.4 Å². The predicted octanol–water partition coefficient (Wildman–Crippen LogP) is 3.01. The van der Waals surface area contributed by atoms with Gasteiger partial charge in [-0.25, -0.2) is 5.43 Å². The fourth-order valence-corrected chi connectivity index (χ4v) is 1.80. The summed E-state index contributed by atoms with van der Waals surface area (Å²) in [6, 6.07) is 3.01. The highest BCUT2D eigenvalue weighted by Gasteiger charge is 2.37. The lowest BCUT2D eigenvalue weighted by Gasteiger charge is -2.10. The zero-order chi connectivity index (χ0) is 15.3. The first kappa shape index (κ1) is 16.4. The smallest absolute Gasteiger partial charge is 0.293 e. The lowest BCUT2D eigenvalue weighted by atomic mass is 10.1. The van der Waals surface area contributed by atoms with E-state index in [0.29, 0.717) is 0 Å². The number of halogens is 3. The van der Waals surface area contributed by atoms with Crippen molar-refractivity contribution in [1.29, 1.82) is 0 Å². The number of carbonyl (C=O) groups excluding carboxylic acids is 2. The van der Waals surface area contributed by atoms with Crippen molar-refractivity contribution in [3.05, 3.63) is 22.4 Å². The molecule has 20 heavy (non-hydrogen) atoms. The number of hydrazone groups is 1. The fourth-order valence-electron chi connectivity index (χ4n) is 1.13. The van der Waals surface area contributed by atoms with Crippen molar-refractivity contribution in [1.82, 2.24) is 5.43 Å². The molecule has 4 nitrogen and oxygen atoms in total. The second-order valence-corrected chi connectivity index (χ2v) is 5.21. The summed E-state index contributed by atoms with van der Waals surface area (Å²) >= 11 is 1.05. The van der Waals surface area contributed by atoms with Gasteiger partial charge in [-0.15, -0.1) is 11.3 Å². The van der Waals surface area contributed by atoms with E-state index in [9.17, 15) is 22.8 Å². The molecule has 0 saturated heterocycles. The largest absolute Gasteiger partial charge is 0.431 e. The SMILES string of the molecule is CC(C)C(=O)N/N=C(/CC(=O)c1cccs1)C(F)(F)F. The number of alkyl halides is 3. The van der Waals surface area contributed by atoms with Gasteiger partial charge in [0.2, 0.25) is 5.91 Å². The number of amides is 1. The van der Waals surface area contributed by atoms with Gasteiger partial charge in [0.15, 0.2) is 5.78 Å². The van der Waals surface area contributed by atoms with Crippen LogP contribution in [-0.2, 0) is 4.79 Å². The third-order valence-electron chi connectivity index (χ3n) is 2.28. The molecule has 0 spiro atoms. The van der Waals surface area contributed by atoms with Gasteiger partial charge in [0.1, 0.15) is 5.71 Å². The van der Waals surface area contributed by atoms with E-state index in [4.69, 9.17) is 0 Å². The first-order valence-electron chi connectivity index (χ1n) is 5.72. The molecule has 1 aromatic heterocycles. The number of Topliss-reactive ketones (excluding diaryl/α,β-unsaturated/α-hetero) is 1. The van der Waals surface area contributed by atoms with Crippen LogP contribution in [0.2, 0.25) is 0 Å². The Morgan fingerprint density at radius 2 is 2.05 bits per heavy atom. The van der Waals surface area contributed by atoms with Crippen LogP contribution < -0.4 is 5.43 Å². The zero-order valence-electron chi connectivity index (χ0n) is 10.8. The van der Waals surface area contributed by atoms with Gasteiger partial charge in [-0.2, -0.15) is 18.3 Å². The van der Waals surface area contributed by atoms with Crippen LogP contribution >= 0.6 is 11.3 Å². The molecule has 0 fully saturated rings. The maximum Gasteiger partial charge on any atom is 0.431 e. The van der Waals surface area contributed by atoms with E-state index in [1.54, 1.807) is 11.4 Å². The Kier molecular flexibility index (Phi) is 5.43. The number of carbonyl (C=O) groups is 2. The Bertz CT molecular complexity index is 507. The molecule has 1 aromatic rings. The highest BCUT2D eigenvalue weighted by atomic mass is 32.1. The Morgan fingerprint density at radius 1 is 1.40 bits per heavy atom. The topological polar surface area (TPSA) is 58.5 Å². The van der Waals surface area contributed by atoms with E-state index in [0.717, 1.165) is 11.3 Å². The molecule has 1 N–H and O–H groups in total. The summed E-state index contributed by atoms with van der Waals surface area (Å²) in [4.78, 5) is 23.1. The zero-order valence-corrected chi connectivity index (χ0v) is 11.6. The quantitative estimate of drug-likeness (QED) is 0.516. The molecule has 8 heteroatoms. The lowest BCUT2D eigenvalue weighted by Crippen LogP contribution is -2.31. The Hall–Kier alpha value is -1.70. The van der Waals surface area contributed by atoms with Gasteiger partial charge in [-0.3, -0.25) is 9.59 Å². The molecule has 110 valence electrons. The lowest BCUT2D eigenvalue weighted by molar-refractivity contribution is -0.124. The molecular weight excluding hydrogens is 293 g/mol. The molecule has 0 aliphatic heterocycles. The van der Waals surface area contributed by atoms with Crippen molar-refractivity contribution in [3.63, 3.8) is 0 Å². The Morgan fingerprint density at radius 3 is 2.50 bits per heavy atom. The molecule has 1 rings (SSSR count). The molecule has 0 aliphatic rings. The standard InChI is InChI=1S/C12H13F3N2O2S/c1-7(2)11(19)17-16-10(12(13,14)15)6-8(18)9-4-3-5-20-9/h3-5,7H,6H2,1-2H3,(H,17,19)/b16-10-. The van der Waals surface area contributed by atoms with Gasteiger partial charge in [0.05, 0.1) is 11.3 Å². The van der Waals surface area contributed by atoms with Crippen molar-refractivity contribution in [3.8, 4) is 0 Å². The van der Waals surface area contributed by atoms with Gasteiger partial charge >= 0.3 is 6.18 Å². The van der Waals surface area contributed by atoms with Crippen LogP contribution in [-0.4, -0.2) is 23.6 Å². The minimum absolute atomic E-state index is 0.220. The van der Waals surface area contributed by atoms with Crippen LogP contribution in [0.25, 0.3) is 0 Å². The number of rotatable bonds is 5. The molecule has 0 atom stereocenters. The highest BCUT2D eigenvalue weighted by molar-refractivity contribution is 7.12. The third-order valence-corrected chi connectivity index (χ3v) is 3.19. The second-order valence-electron chi connectivity index (χ2n) is 4.26. The summed E-state index contributed by atoms with van der Waals surface area (Å²) in [5.41, 5.74) is 0.505. The number of thiophene rings is 1. The summed E-state index contributed by atoms with van der Waals surface area (Å²) < 4.78 is 38.2. The van der Waals surface area contributed by atoms with E-state index < -0.39 is 35.9 Å². The highest BCUT2D eigenvalue weighted by Crippen LogP contribution is 2.22. The van der Waals surface area contributed by atoms with Crippen molar-refractivity contribution in [2.24, 2.45) is 11.0 Å². The average molecular weight is 306 g/mol. The first-order valence-corrected chi connectivity index (χ1v) is 6.60. The van der Waals surface area contributed by atoms with Crippen molar-refractivity contribution in [2.75, 3.05) is 0 Å². The van der Waals surface area contributed by atoms with Gasteiger partial charge in [-0.05, 0) is 11.4 Å². The Balaban J connectivity index is 2.83. The van der Waals surface area contributed by atoms with Crippen LogP contribution in [0.3, 0.4) is 0 Å². The van der Waals surface area contributed by atoms with Gasteiger partial charge < -0.3 is 0 Å². The fraction of sp³-hybridized carbons (Fsp3) is 0.417. The van der Waals surface area contributed by atoms with Crippen LogP contribution in [0, 0.1) is 5.92 Å². The molecular formula is C12H13F3N2O2S. The summed E-state index contributed by atoms with van der Waals surface area (Å²) in [6.07, 6.45) is -5.67. The van der Waals surface area contributed by atoms with E-state index >= 15 is 0 Å².